The number of para-hydroxylation sites is 2. The van der Waals surface area contributed by atoms with Crippen molar-refractivity contribution in [3.8, 4) is 11.5 Å². The number of amides is 1. The van der Waals surface area contributed by atoms with Crippen LogP contribution in [0.2, 0.25) is 0 Å². The van der Waals surface area contributed by atoms with Gasteiger partial charge < -0.3 is 14.8 Å². The predicted molar refractivity (Wildman–Crippen MR) is 105 cm³/mol. The molecule has 26 heavy (non-hydrogen) atoms. The van der Waals surface area contributed by atoms with Crippen molar-refractivity contribution in [1.82, 2.24) is 16.2 Å². The van der Waals surface area contributed by atoms with Crippen LogP contribution < -0.4 is 25.6 Å². The summed E-state index contributed by atoms with van der Waals surface area (Å²) < 4.78 is 10.6. The molecule has 0 heterocycles. The standard InChI is InChI=1S/C19H23N3O3S/c1-24-16-11-5-6-12-17(16)25-14-18(23)21-22-19(26)20-13-7-10-15-8-3-2-4-9-15/h2-6,8-9,11-12H,7,10,13-14H2,1H3,(H,21,23)(H2,20,22,26). The number of rotatable bonds is 8. The van der Waals surface area contributed by atoms with Crippen LogP contribution in [0.15, 0.2) is 54.6 Å². The lowest BCUT2D eigenvalue weighted by Crippen LogP contribution is -2.48. The highest BCUT2D eigenvalue weighted by Gasteiger charge is 2.07. The molecule has 0 aliphatic heterocycles. The summed E-state index contributed by atoms with van der Waals surface area (Å²) >= 11 is 5.12. The Morgan fingerprint density at radius 2 is 1.69 bits per heavy atom. The maximum Gasteiger partial charge on any atom is 0.276 e. The molecule has 0 radical (unpaired) electrons. The molecule has 0 bridgehead atoms. The van der Waals surface area contributed by atoms with Crippen LogP contribution in [-0.4, -0.2) is 31.3 Å². The molecule has 0 spiro atoms. The molecule has 0 aliphatic rings. The van der Waals surface area contributed by atoms with Crippen molar-refractivity contribution in [2.45, 2.75) is 12.8 Å². The Morgan fingerprint density at radius 3 is 2.42 bits per heavy atom. The number of aryl methyl sites for hydroxylation is 1. The molecule has 0 aromatic heterocycles. The molecule has 0 atom stereocenters. The van der Waals surface area contributed by atoms with Crippen molar-refractivity contribution in [2.24, 2.45) is 0 Å². The third-order valence-corrected chi connectivity index (χ3v) is 3.76. The quantitative estimate of drug-likeness (QED) is 0.374. The Labute approximate surface area is 158 Å². The van der Waals surface area contributed by atoms with Gasteiger partial charge >= 0.3 is 0 Å². The van der Waals surface area contributed by atoms with Gasteiger partial charge in [0, 0.05) is 6.54 Å². The number of hydrogen-bond acceptors (Lipinski definition) is 4. The second kappa shape index (κ2) is 10.9. The molecule has 3 N–H and O–H groups in total. The van der Waals surface area contributed by atoms with Crippen LogP contribution in [0.5, 0.6) is 11.5 Å². The van der Waals surface area contributed by atoms with Crippen molar-refractivity contribution in [1.29, 1.82) is 0 Å². The zero-order valence-corrected chi connectivity index (χ0v) is 15.5. The number of methoxy groups -OCH3 is 1. The molecular weight excluding hydrogens is 350 g/mol. The van der Waals surface area contributed by atoms with Gasteiger partial charge in [0.2, 0.25) is 0 Å². The van der Waals surface area contributed by atoms with Crippen molar-refractivity contribution in [3.63, 3.8) is 0 Å². The lowest BCUT2D eigenvalue weighted by molar-refractivity contribution is -0.123. The van der Waals surface area contributed by atoms with Gasteiger partial charge in [-0.3, -0.25) is 15.6 Å². The largest absolute Gasteiger partial charge is 0.493 e. The molecule has 0 saturated carbocycles. The van der Waals surface area contributed by atoms with E-state index in [4.69, 9.17) is 21.7 Å². The summed E-state index contributed by atoms with van der Waals surface area (Å²) in [5.41, 5.74) is 6.43. The van der Waals surface area contributed by atoms with Crippen molar-refractivity contribution in [3.05, 3.63) is 60.2 Å². The van der Waals surface area contributed by atoms with Gasteiger partial charge in [0.15, 0.2) is 23.2 Å². The molecule has 0 saturated heterocycles. The van der Waals surface area contributed by atoms with Gasteiger partial charge in [0.05, 0.1) is 7.11 Å². The van der Waals surface area contributed by atoms with E-state index in [1.165, 1.54) is 5.56 Å². The fraction of sp³-hybridized carbons (Fsp3) is 0.263. The Bertz CT molecular complexity index is 710. The number of hydrazine groups is 1. The van der Waals surface area contributed by atoms with Crippen LogP contribution in [0.3, 0.4) is 0 Å². The number of carbonyl (C=O) groups excluding carboxylic acids is 1. The predicted octanol–water partition coefficient (Wildman–Crippen LogP) is 2.20. The van der Waals surface area contributed by atoms with Gasteiger partial charge in [0.25, 0.3) is 5.91 Å². The Morgan fingerprint density at radius 1 is 1.00 bits per heavy atom. The summed E-state index contributed by atoms with van der Waals surface area (Å²) in [5.74, 6) is 0.736. The first-order chi connectivity index (χ1) is 12.7. The SMILES string of the molecule is COc1ccccc1OCC(=O)NNC(=S)NCCCc1ccccc1. The number of benzene rings is 2. The summed E-state index contributed by atoms with van der Waals surface area (Å²) in [6, 6.07) is 17.4. The summed E-state index contributed by atoms with van der Waals surface area (Å²) in [7, 11) is 1.55. The van der Waals surface area contributed by atoms with Gasteiger partial charge in [-0.15, -0.1) is 0 Å². The van der Waals surface area contributed by atoms with Crippen LogP contribution in [0.25, 0.3) is 0 Å². The number of thiocarbonyl (C=S) groups is 1. The molecule has 6 nitrogen and oxygen atoms in total. The molecule has 2 rings (SSSR count). The Balaban J connectivity index is 1.59. The molecule has 1 amide bonds. The van der Waals surface area contributed by atoms with E-state index in [-0.39, 0.29) is 12.5 Å². The fourth-order valence-electron chi connectivity index (χ4n) is 2.23. The van der Waals surface area contributed by atoms with E-state index in [0.29, 0.717) is 23.2 Å². The minimum atomic E-state index is -0.343. The Hall–Kier alpha value is -2.80. The minimum Gasteiger partial charge on any atom is -0.493 e. The topological polar surface area (TPSA) is 71.6 Å². The van der Waals surface area contributed by atoms with E-state index in [1.807, 2.05) is 30.3 Å². The molecule has 7 heteroatoms. The third-order valence-electron chi connectivity index (χ3n) is 3.51. The highest BCUT2D eigenvalue weighted by molar-refractivity contribution is 7.80. The van der Waals surface area contributed by atoms with Crippen LogP contribution in [-0.2, 0) is 11.2 Å². The second-order valence-corrected chi connectivity index (χ2v) is 5.87. The van der Waals surface area contributed by atoms with Gasteiger partial charge in [-0.2, -0.15) is 0 Å². The third kappa shape index (κ3) is 6.98. The first-order valence-corrected chi connectivity index (χ1v) is 8.72. The second-order valence-electron chi connectivity index (χ2n) is 5.46. The first kappa shape index (κ1) is 19.5. The lowest BCUT2D eigenvalue weighted by atomic mass is 10.1. The van der Waals surface area contributed by atoms with Gasteiger partial charge in [-0.25, -0.2) is 0 Å². The summed E-state index contributed by atoms with van der Waals surface area (Å²) in [4.78, 5) is 11.8. The number of hydrogen-bond donors (Lipinski definition) is 3. The lowest BCUT2D eigenvalue weighted by Gasteiger charge is -2.13. The van der Waals surface area contributed by atoms with Crippen LogP contribution in [0.4, 0.5) is 0 Å². The van der Waals surface area contributed by atoms with E-state index in [2.05, 4.69) is 28.3 Å². The van der Waals surface area contributed by atoms with Crippen LogP contribution in [0.1, 0.15) is 12.0 Å². The zero-order valence-electron chi connectivity index (χ0n) is 14.7. The fourth-order valence-corrected chi connectivity index (χ4v) is 2.38. The molecular formula is C19H23N3O3S. The maximum atomic E-state index is 11.8. The van der Waals surface area contributed by atoms with E-state index in [0.717, 1.165) is 12.8 Å². The van der Waals surface area contributed by atoms with E-state index in [9.17, 15) is 4.79 Å². The number of carbonyl (C=O) groups is 1. The van der Waals surface area contributed by atoms with Crippen molar-refractivity contribution < 1.29 is 14.3 Å². The van der Waals surface area contributed by atoms with Gasteiger partial charge in [0.1, 0.15) is 0 Å². The van der Waals surface area contributed by atoms with Crippen molar-refractivity contribution >= 4 is 23.2 Å². The number of ether oxygens (including phenoxy) is 2. The van der Waals surface area contributed by atoms with Crippen molar-refractivity contribution in [2.75, 3.05) is 20.3 Å². The highest BCUT2D eigenvalue weighted by atomic mass is 32.1. The normalized spacial score (nSPS) is 9.88. The average molecular weight is 373 g/mol. The van der Waals surface area contributed by atoms with Crippen LogP contribution in [0, 0.1) is 0 Å². The molecule has 0 fully saturated rings. The minimum absolute atomic E-state index is 0.149. The van der Waals surface area contributed by atoms with E-state index < -0.39 is 0 Å². The Kier molecular flexibility index (Phi) is 8.21. The van der Waals surface area contributed by atoms with E-state index >= 15 is 0 Å². The highest BCUT2D eigenvalue weighted by Crippen LogP contribution is 2.25. The van der Waals surface area contributed by atoms with Crippen LogP contribution >= 0.6 is 12.2 Å². The van der Waals surface area contributed by atoms with Gasteiger partial charge in [-0.1, -0.05) is 42.5 Å². The monoisotopic (exact) mass is 373 g/mol. The molecule has 0 aliphatic carbocycles. The summed E-state index contributed by atoms with van der Waals surface area (Å²) in [6.07, 6.45) is 1.91. The first-order valence-electron chi connectivity index (χ1n) is 8.31. The average Bonchev–Trinajstić information content (AvgIpc) is 2.69. The number of nitrogens with one attached hydrogen (secondary N) is 3. The zero-order chi connectivity index (χ0) is 18.6. The molecule has 2 aromatic carbocycles. The smallest absolute Gasteiger partial charge is 0.276 e. The molecule has 2 aromatic rings. The summed E-state index contributed by atoms with van der Waals surface area (Å²) in [6.45, 7) is 0.568. The molecule has 138 valence electrons. The summed E-state index contributed by atoms with van der Waals surface area (Å²) in [5, 5.41) is 3.41. The van der Waals surface area contributed by atoms with Gasteiger partial charge in [-0.05, 0) is 42.8 Å². The maximum absolute atomic E-state index is 11.8. The molecule has 0 unspecified atom stereocenters. The van der Waals surface area contributed by atoms with E-state index in [1.54, 1.807) is 19.2 Å².